The number of amides is 2. The first kappa shape index (κ1) is 16.6. The molecule has 8 heteroatoms. The van der Waals surface area contributed by atoms with Gasteiger partial charge in [-0.2, -0.15) is 0 Å². The van der Waals surface area contributed by atoms with Crippen molar-refractivity contribution in [3.05, 3.63) is 42.8 Å². The minimum absolute atomic E-state index is 0.100. The quantitative estimate of drug-likeness (QED) is 0.752. The zero-order valence-electron chi connectivity index (χ0n) is 14.9. The summed E-state index contributed by atoms with van der Waals surface area (Å²) in [5.41, 5.74) is 2.45. The number of oxazole rings is 1. The van der Waals surface area contributed by atoms with Crippen LogP contribution in [0.15, 0.2) is 47.2 Å². The summed E-state index contributed by atoms with van der Waals surface area (Å²) < 4.78 is 16.4. The fourth-order valence-electron chi connectivity index (χ4n) is 3.55. The predicted molar refractivity (Wildman–Crippen MR) is 101 cm³/mol. The van der Waals surface area contributed by atoms with E-state index in [4.69, 9.17) is 13.9 Å². The maximum Gasteiger partial charge on any atom is 0.229 e. The third-order valence-electron chi connectivity index (χ3n) is 4.95. The molecule has 2 aliphatic rings. The lowest BCUT2D eigenvalue weighted by atomic mass is 10.1. The zero-order valence-corrected chi connectivity index (χ0v) is 14.9. The Bertz CT molecular complexity index is 1080. The van der Waals surface area contributed by atoms with Crippen molar-refractivity contribution in [1.29, 1.82) is 0 Å². The van der Waals surface area contributed by atoms with E-state index in [1.807, 2.05) is 6.07 Å². The highest BCUT2D eigenvalue weighted by Crippen LogP contribution is 2.36. The molecule has 8 nitrogen and oxygen atoms in total. The van der Waals surface area contributed by atoms with Gasteiger partial charge >= 0.3 is 0 Å². The first-order valence-electron chi connectivity index (χ1n) is 9.02. The van der Waals surface area contributed by atoms with E-state index >= 15 is 0 Å². The van der Waals surface area contributed by atoms with Crippen LogP contribution in [0.2, 0.25) is 0 Å². The molecule has 3 heterocycles. The number of aromatic nitrogens is 1. The average molecular weight is 379 g/mol. The van der Waals surface area contributed by atoms with Crippen molar-refractivity contribution < 1.29 is 23.5 Å². The van der Waals surface area contributed by atoms with Gasteiger partial charge in [0.05, 0.1) is 11.6 Å². The van der Waals surface area contributed by atoms with Crippen molar-refractivity contribution in [2.24, 2.45) is 5.92 Å². The van der Waals surface area contributed by atoms with E-state index < -0.39 is 5.92 Å². The van der Waals surface area contributed by atoms with E-state index in [2.05, 4.69) is 10.3 Å². The number of ether oxygens (including phenoxy) is 2. The minimum atomic E-state index is -0.456. The summed E-state index contributed by atoms with van der Waals surface area (Å²) in [5.74, 6) is 0.502. The normalized spacial score (nSPS) is 18.5. The van der Waals surface area contributed by atoms with Gasteiger partial charge < -0.3 is 24.1 Å². The number of benzene rings is 2. The molecule has 3 aromatic rings. The molecule has 0 radical (unpaired) electrons. The van der Waals surface area contributed by atoms with Gasteiger partial charge in [-0.3, -0.25) is 9.59 Å². The van der Waals surface area contributed by atoms with E-state index in [0.29, 0.717) is 53.7 Å². The summed E-state index contributed by atoms with van der Waals surface area (Å²) in [5, 5.41) is 2.87. The lowest BCUT2D eigenvalue weighted by molar-refractivity contribution is -0.122. The number of hydrogen-bond acceptors (Lipinski definition) is 6. The van der Waals surface area contributed by atoms with Crippen molar-refractivity contribution in [3.8, 4) is 11.5 Å². The molecular formula is C20H17N3O5. The minimum Gasteiger partial charge on any atom is -0.486 e. The Labute approximate surface area is 160 Å². The number of nitrogens with one attached hydrogen (secondary N) is 1. The van der Waals surface area contributed by atoms with Crippen LogP contribution in [0, 0.1) is 5.92 Å². The number of nitrogens with zero attached hydrogens (tertiary/aromatic N) is 2. The highest BCUT2D eigenvalue weighted by atomic mass is 16.6. The van der Waals surface area contributed by atoms with E-state index in [-0.39, 0.29) is 18.2 Å². The van der Waals surface area contributed by atoms with Gasteiger partial charge in [-0.05, 0) is 24.3 Å². The van der Waals surface area contributed by atoms with E-state index in [1.54, 1.807) is 35.2 Å². The van der Waals surface area contributed by atoms with Gasteiger partial charge in [0.1, 0.15) is 18.7 Å². The van der Waals surface area contributed by atoms with Crippen LogP contribution in [0.4, 0.5) is 11.4 Å². The van der Waals surface area contributed by atoms with Crippen LogP contribution in [0.1, 0.15) is 6.42 Å². The van der Waals surface area contributed by atoms with Crippen LogP contribution in [-0.4, -0.2) is 36.6 Å². The van der Waals surface area contributed by atoms with Crippen LogP contribution in [-0.2, 0) is 9.59 Å². The fourth-order valence-corrected chi connectivity index (χ4v) is 3.55. The van der Waals surface area contributed by atoms with Crippen LogP contribution < -0.4 is 19.7 Å². The standard InChI is InChI=1S/C20H17N3O5/c24-18-8-12(20(25)22-14-2-1-3-16-19(14)21-11-28-16)10-23(18)13-4-5-15-17(9-13)27-7-6-26-15/h1-5,9,11-12H,6-8,10H2,(H,22,25)/t12-/m1/s1. The molecule has 0 aliphatic carbocycles. The molecule has 2 aromatic carbocycles. The summed E-state index contributed by atoms with van der Waals surface area (Å²) in [6.45, 7) is 1.29. The lowest BCUT2D eigenvalue weighted by Crippen LogP contribution is -2.28. The van der Waals surface area contributed by atoms with Gasteiger partial charge in [0, 0.05) is 24.7 Å². The Balaban J connectivity index is 1.33. The predicted octanol–water partition coefficient (Wildman–Crippen LogP) is 2.59. The Morgan fingerprint density at radius 3 is 2.89 bits per heavy atom. The zero-order chi connectivity index (χ0) is 19.1. The third kappa shape index (κ3) is 2.83. The van der Waals surface area contributed by atoms with Crippen LogP contribution in [0.25, 0.3) is 11.1 Å². The second-order valence-electron chi connectivity index (χ2n) is 6.73. The van der Waals surface area contributed by atoms with Crippen molar-refractivity contribution >= 4 is 34.3 Å². The monoisotopic (exact) mass is 379 g/mol. The van der Waals surface area contributed by atoms with Gasteiger partial charge in [-0.25, -0.2) is 4.98 Å². The largest absolute Gasteiger partial charge is 0.486 e. The second-order valence-corrected chi connectivity index (χ2v) is 6.73. The van der Waals surface area contributed by atoms with Crippen LogP contribution in [0.5, 0.6) is 11.5 Å². The summed E-state index contributed by atoms with van der Waals surface area (Å²) in [6, 6.07) is 10.7. The van der Waals surface area contributed by atoms with Gasteiger partial charge in [0.25, 0.3) is 0 Å². The maximum atomic E-state index is 12.7. The first-order chi connectivity index (χ1) is 13.7. The van der Waals surface area contributed by atoms with Crippen molar-refractivity contribution in [2.75, 3.05) is 30.0 Å². The molecule has 1 fully saturated rings. The number of anilines is 2. The molecule has 2 aliphatic heterocycles. The van der Waals surface area contributed by atoms with E-state index in [0.717, 1.165) is 0 Å². The highest BCUT2D eigenvalue weighted by molar-refractivity contribution is 6.05. The maximum absolute atomic E-state index is 12.7. The third-order valence-corrected chi connectivity index (χ3v) is 4.95. The number of fused-ring (bicyclic) bond motifs is 2. The molecular weight excluding hydrogens is 362 g/mol. The molecule has 1 saturated heterocycles. The van der Waals surface area contributed by atoms with Crippen LogP contribution in [0.3, 0.4) is 0 Å². The summed E-state index contributed by atoms with van der Waals surface area (Å²) in [6.07, 6.45) is 1.48. The molecule has 0 saturated carbocycles. The molecule has 1 atom stereocenters. The van der Waals surface area contributed by atoms with Gasteiger partial charge in [-0.1, -0.05) is 6.07 Å². The lowest BCUT2D eigenvalue weighted by Gasteiger charge is -2.22. The average Bonchev–Trinajstić information content (AvgIpc) is 3.35. The van der Waals surface area contributed by atoms with Gasteiger partial charge in [0.15, 0.2) is 23.5 Å². The second kappa shape index (κ2) is 6.56. The molecule has 1 N–H and O–H groups in total. The topological polar surface area (TPSA) is 93.9 Å². The first-order valence-corrected chi connectivity index (χ1v) is 9.02. The molecule has 0 bridgehead atoms. The molecule has 0 spiro atoms. The summed E-state index contributed by atoms with van der Waals surface area (Å²) in [4.78, 5) is 31.0. The Hall–Kier alpha value is -3.55. The number of hydrogen-bond donors (Lipinski definition) is 1. The van der Waals surface area contributed by atoms with Crippen LogP contribution >= 0.6 is 0 Å². The molecule has 5 rings (SSSR count). The van der Waals surface area contributed by atoms with Crippen molar-refractivity contribution in [2.45, 2.75) is 6.42 Å². The molecule has 2 amide bonds. The van der Waals surface area contributed by atoms with E-state index in [9.17, 15) is 9.59 Å². The molecule has 0 unspecified atom stereocenters. The molecule has 142 valence electrons. The van der Waals surface area contributed by atoms with Crippen molar-refractivity contribution in [1.82, 2.24) is 4.98 Å². The highest BCUT2D eigenvalue weighted by Gasteiger charge is 2.36. The molecule has 28 heavy (non-hydrogen) atoms. The number of rotatable bonds is 3. The van der Waals surface area contributed by atoms with Gasteiger partial charge in [0.2, 0.25) is 11.8 Å². The number of carbonyl (C=O) groups is 2. The van der Waals surface area contributed by atoms with Crippen molar-refractivity contribution in [3.63, 3.8) is 0 Å². The number of para-hydroxylation sites is 1. The Morgan fingerprint density at radius 2 is 2.00 bits per heavy atom. The molecule has 1 aromatic heterocycles. The van der Waals surface area contributed by atoms with Gasteiger partial charge in [-0.15, -0.1) is 0 Å². The fraction of sp³-hybridized carbons (Fsp3) is 0.250. The number of carbonyl (C=O) groups excluding carboxylic acids is 2. The SMILES string of the molecule is O=C(Nc1cccc2ocnc12)[C@@H]1CC(=O)N(c2ccc3c(c2)OCCO3)C1. The van der Waals surface area contributed by atoms with E-state index in [1.165, 1.54) is 6.39 Å². The smallest absolute Gasteiger partial charge is 0.229 e. The Morgan fingerprint density at radius 1 is 1.14 bits per heavy atom. The summed E-state index contributed by atoms with van der Waals surface area (Å²) in [7, 11) is 0. The Kier molecular flexibility index (Phi) is 3.89. The summed E-state index contributed by atoms with van der Waals surface area (Å²) >= 11 is 0.